The van der Waals surface area contributed by atoms with Crippen LogP contribution in [0.15, 0.2) is 30.4 Å². The monoisotopic (exact) mass is 578 g/mol. The Kier molecular flexibility index (Phi) is 14.7. The van der Waals surface area contributed by atoms with Gasteiger partial charge in [-0.2, -0.15) is 0 Å². The summed E-state index contributed by atoms with van der Waals surface area (Å²) >= 11 is 0. The number of alkyl carbamates (subject to hydrolysis) is 1. The van der Waals surface area contributed by atoms with Gasteiger partial charge in [-0.25, -0.2) is 4.79 Å². The van der Waals surface area contributed by atoms with Gasteiger partial charge in [0.25, 0.3) is 11.8 Å². The predicted molar refractivity (Wildman–Crippen MR) is 151 cm³/mol. The van der Waals surface area contributed by atoms with E-state index < -0.39 is 11.7 Å². The number of carbonyl (C=O) groups excluding carboxylic acids is 3. The number of nitrogens with zero attached hydrogens (tertiary/aromatic N) is 1. The molecule has 1 aromatic carbocycles. The molecule has 2 rings (SSSR count). The van der Waals surface area contributed by atoms with E-state index in [9.17, 15) is 14.4 Å². The Hall–Kier alpha value is -3.61. The fourth-order valence-corrected chi connectivity index (χ4v) is 3.49. The molecule has 1 aliphatic heterocycles. The number of imide groups is 1. The highest BCUT2D eigenvalue weighted by Gasteiger charge is 2.19. The number of amides is 3. The largest absolute Gasteiger partial charge is 0.493 e. The van der Waals surface area contributed by atoms with Crippen molar-refractivity contribution in [2.75, 3.05) is 73.6 Å². The average molecular weight is 579 g/mol. The Labute approximate surface area is 241 Å². The molecule has 1 heterocycles. The zero-order valence-electron chi connectivity index (χ0n) is 24.6. The number of methoxy groups -OCH3 is 2. The lowest BCUT2D eigenvalue weighted by Gasteiger charge is -2.19. The third-order valence-electron chi connectivity index (χ3n) is 5.35. The van der Waals surface area contributed by atoms with Gasteiger partial charge in [0, 0.05) is 19.2 Å². The summed E-state index contributed by atoms with van der Waals surface area (Å²) in [7, 11) is 3.02. The number of rotatable bonds is 17. The molecule has 0 aromatic heterocycles. The molecule has 0 bridgehead atoms. The summed E-state index contributed by atoms with van der Waals surface area (Å²) in [5, 5.41) is 2.62. The van der Waals surface area contributed by atoms with Crippen LogP contribution < -0.4 is 19.5 Å². The van der Waals surface area contributed by atoms with E-state index in [2.05, 4.69) is 5.32 Å². The van der Waals surface area contributed by atoms with Gasteiger partial charge in [-0.05, 0) is 57.0 Å². The molecule has 0 radical (unpaired) electrons. The minimum absolute atomic E-state index is 0.249. The molecule has 0 saturated heterocycles. The zero-order valence-corrected chi connectivity index (χ0v) is 24.6. The van der Waals surface area contributed by atoms with Gasteiger partial charge in [0.05, 0.1) is 53.9 Å². The van der Waals surface area contributed by atoms with E-state index in [0.717, 1.165) is 0 Å². The molecule has 12 heteroatoms. The number of ether oxygens (including phenoxy) is 7. The Morgan fingerprint density at radius 1 is 0.927 bits per heavy atom. The van der Waals surface area contributed by atoms with Crippen molar-refractivity contribution in [1.29, 1.82) is 0 Å². The van der Waals surface area contributed by atoms with E-state index in [1.807, 2.05) is 0 Å². The molecule has 12 nitrogen and oxygen atoms in total. The number of carbonyl (C=O) groups is 3. The van der Waals surface area contributed by atoms with Gasteiger partial charge >= 0.3 is 6.09 Å². The maximum Gasteiger partial charge on any atom is 0.407 e. The molecule has 1 N–H and O–H groups in total. The highest BCUT2D eigenvalue weighted by Crippen LogP contribution is 2.39. The molecule has 0 saturated carbocycles. The summed E-state index contributed by atoms with van der Waals surface area (Å²) in [6.07, 6.45) is 6.26. The smallest absolute Gasteiger partial charge is 0.407 e. The second-order valence-corrected chi connectivity index (χ2v) is 9.72. The van der Waals surface area contributed by atoms with Crippen molar-refractivity contribution in [3.05, 3.63) is 35.9 Å². The maximum absolute atomic E-state index is 12.4. The van der Waals surface area contributed by atoms with Crippen molar-refractivity contribution in [2.45, 2.75) is 32.8 Å². The van der Waals surface area contributed by atoms with Crippen molar-refractivity contribution < 1.29 is 47.5 Å². The van der Waals surface area contributed by atoms with Crippen LogP contribution in [0.2, 0.25) is 0 Å². The first-order chi connectivity index (χ1) is 19.6. The first-order valence-corrected chi connectivity index (χ1v) is 13.4. The summed E-state index contributed by atoms with van der Waals surface area (Å²) < 4.78 is 38.3. The van der Waals surface area contributed by atoms with Crippen LogP contribution in [0.3, 0.4) is 0 Å². The maximum atomic E-state index is 12.4. The second-order valence-electron chi connectivity index (χ2n) is 9.72. The Balaban J connectivity index is 1.64. The van der Waals surface area contributed by atoms with E-state index in [0.29, 0.717) is 82.0 Å². The average Bonchev–Trinajstić information content (AvgIpc) is 2.93. The number of hydrogen-bond acceptors (Lipinski definition) is 10. The number of nitrogens with one attached hydrogen (secondary N) is 1. The summed E-state index contributed by atoms with van der Waals surface area (Å²) in [6.45, 7) is 8.61. The molecule has 0 unspecified atom stereocenters. The van der Waals surface area contributed by atoms with Gasteiger partial charge in [-0.1, -0.05) is 6.08 Å². The Morgan fingerprint density at radius 2 is 1.51 bits per heavy atom. The quantitative estimate of drug-likeness (QED) is 0.217. The third kappa shape index (κ3) is 13.1. The van der Waals surface area contributed by atoms with Crippen LogP contribution in [-0.2, 0) is 28.5 Å². The first-order valence-electron chi connectivity index (χ1n) is 13.4. The second kappa shape index (κ2) is 17.9. The topological polar surface area (TPSA) is 131 Å². The van der Waals surface area contributed by atoms with Gasteiger partial charge < -0.3 is 38.5 Å². The van der Waals surface area contributed by atoms with Crippen LogP contribution in [0, 0.1) is 0 Å². The van der Waals surface area contributed by atoms with Crippen LogP contribution >= 0.6 is 0 Å². The predicted octanol–water partition coefficient (Wildman–Crippen LogP) is 2.99. The van der Waals surface area contributed by atoms with Crippen molar-refractivity contribution in [1.82, 2.24) is 10.2 Å². The van der Waals surface area contributed by atoms with Crippen molar-refractivity contribution >= 4 is 24.0 Å². The molecule has 0 spiro atoms. The van der Waals surface area contributed by atoms with E-state index >= 15 is 0 Å². The summed E-state index contributed by atoms with van der Waals surface area (Å²) in [4.78, 5) is 37.0. The van der Waals surface area contributed by atoms with Crippen molar-refractivity contribution in [3.63, 3.8) is 0 Å². The lowest BCUT2D eigenvalue weighted by Crippen LogP contribution is -2.37. The minimum atomic E-state index is -0.532. The number of hydrogen-bond donors (Lipinski definition) is 1. The van der Waals surface area contributed by atoms with E-state index in [1.54, 1.807) is 45.1 Å². The van der Waals surface area contributed by atoms with Crippen LogP contribution in [0.5, 0.6) is 17.2 Å². The zero-order chi connectivity index (χ0) is 30.1. The third-order valence-corrected chi connectivity index (χ3v) is 5.35. The molecule has 0 atom stereocenters. The SMILES string of the molecule is COc1cc(/C=C/C(=O)N2CCC=CC2=O)cc(OC)c1OCCOCCOCCOCCNC(=O)OC(C)(C)C. The molecule has 3 amide bonds. The van der Waals surface area contributed by atoms with E-state index in [1.165, 1.54) is 31.3 Å². The molecule has 0 fully saturated rings. The molecular formula is C29H42N2O10. The van der Waals surface area contributed by atoms with Gasteiger partial charge in [-0.15, -0.1) is 0 Å². The lowest BCUT2D eigenvalue weighted by atomic mass is 10.1. The highest BCUT2D eigenvalue weighted by molar-refractivity contribution is 6.06. The summed E-state index contributed by atoms with van der Waals surface area (Å²) in [5.41, 5.74) is 0.117. The molecule has 41 heavy (non-hydrogen) atoms. The minimum Gasteiger partial charge on any atom is -0.493 e. The van der Waals surface area contributed by atoms with Crippen molar-refractivity contribution in [2.24, 2.45) is 0 Å². The first kappa shape index (κ1) is 33.6. The van der Waals surface area contributed by atoms with Crippen LogP contribution in [-0.4, -0.2) is 102 Å². The van der Waals surface area contributed by atoms with Gasteiger partial charge in [0.15, 0.2) is 11.5 Å². The fourth-order valence-electron chi connectivity index (χ4n) is 3.49. The summed E-state index contributed by atoms with van der Waals surface area (Å²) in [6, 6.07) is 3.42. The lowest BCUT2D eigenvalue weighted by molar-refractivity contribution is -0.139. The molecule has 1 aliphatic rings. The van der Waals surface area contributed by atoms with Gasteiger partial charge in [0.2, 0.25) is 5.75 Å². The van der Waals surface area contributed by atoms with Crippen LogP contribution in [0.4, 0.5) is 4.79 Å². The Morgan fingerprint density at radius 3 is 2.07 bits per heavy atom. The van der Waals surface area contributed by atoms with Gasteiger partial charge in [0.1, 0.15) is 12.2 Å². The van der Waals surface area contributed by atoms with Gasteiger partial charge in [-0.3, -0.25) is 14.5 Å². The normalized spacial score (nSPS) is 13.4. The highest BCUT2D eigenvalue weighted by atomic mass is 16.6. The standard InChI is InChI=1S/C29H42N2O10/c1-29(2,3)41-28(34)30-11-13-37-14-15-38-16-17-39-18-19-40-27-23(35-4)20-22(21-24(27)36-5)9-10-26(33)31-12-7-6-8-25(31)32/h6,8-10,20-21H,7,11-19H2,1-5H3,(H,30,34)/b10-9+. The number of benzene rings is 1. The molecule has 228 valence electrons. The molecular weight excluding hydrogens is 536 g/mol. The summed E-state index contributed by atoms with van der Waals surface area (Å²) in [5.74, 6) is 0.553. The molecule has 1 aromatic rings. The van der Waals surface area contributed by atoms with Crippen LogP contribution in [0.25, 0.3) is 6.08 Å². The fraction of sp³-hybridized carbons (Fsp3) is 0.552. The van der Waals surface area contributed by atoms with Crippen molar-refractivity contribution in [3.8, 4) is 17.2 Å². The van der Waals surface area contributed by atoms with E-state index in [-0.39, 0.29) is 18.4 Å². The van der Waals surface area contributed by atoms with E-state index in [4.69, 9.17) is 33.2 Å². The molecule has 0 aliphatic carbocycles. The van der Waals surface area contributed by atoms with Crippen LogP contribution in [0.1, 0.15) is 32.8 Å². The Bertz CT molecular complexity index is 1020.